The first-order valence-corrected chi connectivity index (χ1v) is 10.9. The van der Waals surface area contributed by atoms with Gasteiger partial charge in [0.15, 0.2) is 0 Å². The molecule has 3 aromatic rings. The molecule has 1 fully saturated rings. The zero-order valence-electron chi connectivity index (χ0n) is 17.7. The van der Waals surface area contributed by atoms with Crippen molar-refractivity contribution in [2.24, 2.45) is 0 Å². The lowest BCUT2D eigenvalue weighted by Crippen LogP contribution is -2.52. The first-order valence-electron chi connectivity index (χ1n) is 10.9. The van der Waals surface area contributed by atoms with Crippen molar-refractivity contribution in [2.75, 3.05) is 0 Å². The number of hydrogen-bond donors (Lipinski definition) is 1. The summed E-state index contributed by atoms with van der Waals surface area (Å²) in [5.41, 5.74) is 3.28. The maximum atomic E-state index is 11.1. The lowest BCUT2D eigenvalue weighted by Gasteiger charge is -2.39. The third kappa shape index (κ3) is 6.25. The molecule has 1 N–H and O–H groups in total. The summed E-state index contributed by atoms with van der Waals surface area (Å²) < 4.78 is 18.5. The summed E-state index contributed by atoms with van der Waals surface area (Å²) in [6, 6.07) is 30.2. The van der Waals surface area contributed by atoms with Gasteiger partial charge in [0.05, 0.1) is 32.0 Å². The minimum Gasteiger partial charge on any atom is -0.388 e. The number of rotatable bonds is 9. The summed E-state index contributed by atoms with van der Waals surface area (Å²) in [6.07, 6.45) is -0.144. The second-order valence-corrected chi connectivity index (χ2v) is 8.00. The van der Waals surface area contributed by atoms with Crippen LogP contribution in [0, 0.1) is 0 Å². The van der Waals surface area contributed by atoms with Crippen LogP contribution in [0.4, 0.5) is 0 Å². The third-order valence-electron chi connectivity index (χ3n) is 5.72. The Morgan fingerprint density at radius 3 is 1.42 bits per heavy atom. The number of ether oxygens (including phenoxy) is 3. The average molecular weight is 419 g/mol. The normalized spacial score (nSPS) is 23.5. The van der Waals surface area contributed by atoms with Crippen LogP contribution in [-0.2, 0) is 34.0 Å². The van der Waals surface area contributed by atoms with Gasteiger partial charge < -0.3 is 19.3 Å². The van der Waals surface area contributed by atoms with E-state index in [1.807, 2.05) is 91.0 Å². The first-order chi connectivity index (χ1) is 15.3. The second-order valence-electron chi connectivity index (χ2n) is 8.00. The van der Waals surface area contributed by atoms with E-state index in [2.05, 4.69) is 0 Å². The predicted molar refractivity (Wildman–Crippen MR) is 120 cm³/mol. The molecular formula is C27H30O4. The molecule has 0 radical (unpaired) electrons. The fourth-order valence-corrected chi connectivity index (χ4v) is 3.98. The van der Waals surface area contributed by atoms with Crippen molar-refractivity contribution in [1.29, 1.82) is 0 Å². The molecule has 162 valence electrons. The van der Waals surface area contributed by atoms with E-state index in [4.69, 9.17) is 14.2 Å². The van der Waals surface area contributed by atoms with Crippen molar-refractivity contribution >= 4 is 0 Å². The van der Waals surface area contributed by atoms with Crippen LogP contribution in [0.25, 0.3) is 0 Å². The van der Waals surface area contributed by atoms with E-state index < -0.39 is 12.2 Å². The standard InChI is InChI=1S/C27H30O4/c28-26-24(29-18-21-10-4-1-5-11-21)16-17-25(30-19-22-12-6-2-7-13-22)27(26)31-20-23-14-8-3-9-15-23/h1-15,24-28H,16-20H2/t24-,25+,26-,27-/m1/s1. The zero-order chi connectivity index (χ0) is 21.3. The molecule has 0 amide bonds. The van der Waals surface area contributed by atoms with Gasteiger partial charge in [-0.1, -0.05) is 91.0 Å². The Hall–Kier alpha value is -2.50. The Kier molecular flexibility index (Phi) is 7.86. The summed E-state index contributed by atoms with van der Waals surface area (Å²) in [5, 5.41) is 11.1. The molecule has 4 rings (SSSR count). The zero-order valence-corrected chi connectivity index (χ0v) is 17.7. The minimum atomic E-state index is -0.748. The molecular weight excluding hydrogens is 388 g/mol. The highest BCUT2D eigenvalue weighted by Gasteiger charge is 2.40. The molecule has 0 aromatic heterocycles. The van der Waals surface area contributed by atoms with Crippen molar-refractivity contribution < 1.29 is 19.3 Å². The predicted octanol–water partition coefficient (Wildman–Crippen LogP) is 4.90. The molecule has 0 saturated heterocycles. The van der Waals surface area contributed by atoms with Gasteiger partial charge in [0.1, 0.15) is 12.2 Å². The molecule has 4 nitrogen and oxygen atoms in total. The molecule has 3 aromatic carbocycles. The highest BCUT2D eigenvalue weighted by molar-refractivity contribution is 5.15. The number of benzene rings is 3. The van der Waals surface area contributed by atoms with Crippen molar-refractivity contribution in [2.45, 2.75) is 57.1 Å². The van der Waals surface area contributed by atoms with Gasteiger partial charge in [-0.25, -0.2) is 0 Å². The van der Waals surface area contributed by atoms with Crippen LogP contribution >= 0.6 is 0 Å². The van der Waals surface area contributed by atoms with E-state index in [0.717, 1.165) is 29.5 Å². The fourth-order valence-electron chi connectivity index (χ4n) is 3.98. The van der Waals surface area contributed by atoms with Crippen molar-refractivity contribution in [1.82, 2.24) is 0 Å². The lowest BCUT2D eigenvalue weighted by atomic mass is 9.89. The Labute approximate surface area is 184 Å². The summed E-state index contributed by atoms with van der Waals surface area (Å²) in [7, 11) is 0. The van der Waals surface area contributed by atoms with Crippen LogP contribution in [0.15, 0.2) is 91.0 Å². The van der Waals surface area contributed by atoms with Crippen molar-refractivity contribution in [3.05, 3.63) is 108 Å². The van der Waals surface area contributed by atoms with Gasteiger partial charge in [-0.2, -0.15) is 0 Å². The maximum Gasteiger partial charge on any atom is 0.112 e. The molecule has 1 aliphatic carbocycles. The largest absolute Gasteiger partial charge is 0.388 e. The summed E-state index contributed by atoms with van der Waals surface area (Å²) in [4.78, 5) is 0. The molecule has 1 aliphatic rings. The highest BCUT2D eigenvalue weighted by Crippen LogP contribution is 2.29. The van der Waals surface area contributed by atoms with E-state index in [-0.39, 0.29) is 12.2 Å². The van der Waals surface area contributed by atoms with Crippen LogP contribution in [0.3, 0.4) is 0 Å². The molecule has 31 heavy (non-hydrogen) atoms. The van der Waals surface area contributed by atoms with Gasteiger partial charge in [-0.05, 0) is 29.5 Å². The van der Waals surface area contributed by atoms with Gasteiger partial charge in [0, 0.05) is 0 Å². The quantitative estimate of drug-likeness (QED) is 0.537. The summed E-state index contributed by atoms with van der Waals surface area (Å²) >= 11 is 0. The molecule has 0 unspecified atom stereocenters. The second kappa shape index (κ2) is 11.2. The Morgan fingerprint density at radius 2 is 0.935 bits per heavy atom. The summed E-state index contributed by atoms with van der Waals surface area (Å²) in [5.74, 6) is 0. The summed E-state index contributed by atoms with van der Waals surface area (Å²) in [6.45, 7) is 1.40. The third-order valence-corrected chi connectivity index (χ3v) is 5.72. The van der Waals surface area contributed by atoms with Gasteiger partial charge in [0.2, 0.25) is 0 Å². The SMILES string of the molecule is O[C@H]1[C@H](OCc2ccccc2)[C@@H](OCc2ccccc2)CC[C@H]1OCc1ccccc1. The van der Waals surface area contributed by atoms with E-state index in [1.165, 1.54) is 0 Å². The maximum absolute atomic E-state index is 11.1. The van der Waals surface area contributed by atoms with E-state index in [9.17, 15) is 5.11 Å². The van der Waals surface area contributed by atoms with E-state index in [1.54, 1.807) is 0 Å². The van der Waals surface area contributed by atoms with E-state index >= 15 is 0 Å². The monoisotopic (exact) mass is 418 g/mol. The molecule has 0 heterocycles. The average Bonchev–Trinajstić information content (AvgIpc) is 2.83. The molecule has 4 atom stereocenters. The lowest BCUT2D eigenvalue weighted by molar-refractivity contribution is -0.194. The van der Waals surface area contributed by atoms with Crippen molar-refractivity contribution in [3.8, 4) is 0 Å². The minimum absolute atomic E-state index is 0.185. The van der Waals surface area contributed by atoms with Crippen LogP contribution in [-0.4, -0.2) is 29.5 Å². The Balaban J connectivity index is 1.40. The molecule has 1 saturated carbocycles. The molecule has 4 heteroatoms. The van der Waals surface area contributed by atoms with Crippen LogP contribution in [0.1, 0.15) is 29.5 Å². The Bertz CT molecular complexity index is 885. The van der Waals surface area contributed by atoms with Gasteiger partial charge >= 0.3 is 0 Å². The Morgan fingerprint density at radius 1 is 0.548 bits per heavy atom. The van der Waals surface area contributed by atoms with E-state index in [0.29, 0.717) is 19.8 Å². The van der Waals surface area contributed by atoms with Crippen molar-refractivity contribution in [3.63, 3.8) is 0 Å². The number of hydrogen-bond acceptors (Lipinski definition) is 4. The van der Waals surface area contributed by atoms with Crippen LogP contribution < -0.4 is 0 Å². The smallest absolute Gasteiger partial charge is 0.112 e. The van der Waals surface area contributed by atoms with Gasteiger partial charge in [0.25, 0.3) is 0 Å². The topological polar surface area (TPSA) is 47.9 Å². The van der Waals surface area contributed by atoms with Gasteiger partial charge in [-0.3, -0.25) is 0 Å². The van der Waals surface area contributed by atoms with Crippen LogP contribution in [0.2, 0.25) is 0 Å². The highest BCUT2D eigenvalue weighted by atomic mass is 16.6. The number of aliphatic hydroxyl groups is 1. The molecule has 0 aliphatic heterocycles. The fraction of sp³-hybridized carbons (Fsp3) is 0.333. The number of aliphatic hydroxyl groups excluding tert-OH is 1. The molecule has 0 spiro atoms. The van der Waals surface area contributed by atoms with Gasteiger partial charge in [-0.15, -0.1) is 0 Å². The van der Waals surface area contributed by atoms with Crippen LogP contribution in [0.5, 0.6) is 0 Å². The first kappa shape index (κ1) is 21.7. The molecule has 0 bridgehead atoms.